The predicted octanol–water partition coefficient (Wildman–Crippen LogP) is 4.56. The number of nitriles is 2. The van der Waals surface area contributed by atoms with Crippen LogP contribution in [0.15, 0.2) is 60.7 Å². The van der Waals surface area contributed by atoms with E-state index in [1.807, 2.05) is 24.3 Å². The van der Waals surface area contributed by atoms with Gasteiger partial charge in [0, 0.05) is 12.8 Å². The molecular formula is C17H16N2. The van der Waals surface area contributed by atoms with E-state index in [4.69, 9.17) is 10.5 Å². The summed E-state index contributed by atoms with van der Waals surface area (Å²) in [4.78, 5) is 0. The van der Waals surface area contributed by atoms with Gasteiger partial charge in [-0.25, -0.2) is 0 Å². The summed E-state index contributed by atoms with van der Waals surface area (Å²) in [5.74, 6) is 0. The molecule has 2 rings (SSSR count). The van der Waals surface area contributed by atoms with Crippen LogP contribution in [0.2, 0.25) is 0 Å². The van der Waals surface area contributed by atoms with Gasteiger partial charge in [0.2, 0.25) is 0 Å². The molecule has 19 heavy (non-hydrogen) atoms. The maximum atomic E-state index is 7.93. The van der Waals surface area contributed by atoms with Crippen molar-refractivity contribution in [3.05, 3.63) is 60.7 Å². The molecule has 0 amide bonds. The van der Waals surface area contributed by atoms with Crippen molar-refractivity contribution in [2.24, 2.45) is 0 Å². The zero-order valence-electron chi connectivity index (χ0n) is 10.8. The van der Waals surface area contributed by atoms with Gasteiger partial charge in [-0.1, -0.05) is 60.7 Å². The van der Waals surface area contributed by atoms with Gasteiger partial charge < -0.3 is 0 Å². The summed E-state index contributed by atoms with van der Waals surface area (Å²) < 4.78 is 0. The summed E-state index contributed by atoms with van der Waals surface area (Å²) in [5.41, 5.74) is 2.55. The highest BCUT2D eigenvalue weighted by Crippen LogP contribution is 2.17. The predicted molar refractivity (Wildman–Crippen MR) is 77.0 cm³/mol. The lowest BCUT2D eigenvalue weighted by Gasteiger charge is -1.98. The fourth-order valence-corrected chi connectivity index (χ4v) is 1.51. The van der Waals surface area contributed by atoms with Crippen molar-refractivity contribution in [2.45, 2.75) is 19.3 Å². The van der Waals surface area contributed by atoms with Crippen LogP contribution in [0.3, 0.4) is 0 Å². The highest BCUT2D eigenvalue weighted by Gasteiger charge is 1.91. The van der Waals surface area contributed by atoms with Crippen LogP contribution < -0.4 is 0 Å². The van der Waals surface area contributed by atoms with Crippen molar-refractivity contribution < 1.29 is 0 Å². The Morgan fingerprint density at radius 2 is 1.00 bits per heavy atom. The normalized spacial score (nSPS) is 8.53. The molecular weight excluding hydrogens is 232 g/mol. The molecule has 0 radical (unpaired) electrons. The van der Waals surface area contributed by atoms with Crippen molar-refractivity contribution in [1.82, 2.24) is 0 Å². The van der Waals surface area contributed by atoms with E-state index in [0.717, 1.165) is 0 Å². The van der Waals surface area contributed by atoms with Crippen molar-refractivity contribution in [3.8, 4) is 23.3 Å². The summed E-state index contributed by atoms with van der Waals surface area (Å²) in [6.07, 6.45) is 1.73. The molecule has 0 aliphatic rings. The van der Waals surface area contributed by atoms with Gasteiger partial charge in [0.15, 0.2) is 0 Å². The van der Waals surface area contributed by atoms with E-state index in [0.29, 0.717) is 19.3 Å². The molecule has 0 fully saturated rings. The number of hydrogen-bond donors (Lipinski definition) is 0. The second-order valence-corrected chi connectivity index (χ2v) is 3.90. The molecule has 0 aliphatic carbocycles. The van der Waals surface area contributed by atoms with Gasteiger partial charge in [0.25, 0.3) is 0 Å². The average molecular weight is 248 g/mol. The minimum atomic E-state index is 0.508. The molecule has 0 saturated heterocycles. The smallest absolute Gasteiger partial charge is 0.0622 e. The highest BCUT2D eigenvalue weighted by atomic mass is 14.2. The first kappa shape index (κ1) is 14.5. The number of nitrogens with zero attached hydrogens (tertiary/aromatic N) is 2. The molecule has 0 aliphatic heterocycles. The van der Waals surface area contributed by atoms with Crippen molar-refractivity contribution in [3.63, 3.8) is 0 Å². The Morgan fingerprint density at radius 3 is 1.32 bits per heavy atom. The first-order valence-corrected chi connectivity index (χ1v) is 6.23. The van der Waals surface area contributed by atoms with Crippen molar-refractivity contribution in [1.29, 1.82) is 10.5 Å². The standard InChI is InChI=1S/C12H10.C5H6N2/c1-3-7-11(8-4-1)12-9-5-2-6-10-12;6-4-2-1-3-5-7/h1-10H;1-3H2. The molecule has 2 aromatic carbocycles. The van der Waals surface area contributed by atoms with Gasteiger partial charge in [-0.15, -0.1) is 0 Å². The minimum absolute atomic E-state index is 0.508. The Morgan fingerprint density at radius 1 is 0.632 bits per heavy atom. The molecule has 2 aromatic rings. The molecule has 2 heteroatoms. The van der Waals surface area contributed by atoms with E-state index in [1.54, 1.807) is 0 Å². The fraction of sp³-hybridized carbons (Fsp3) is 0.176. The van der Waals surface area contributed by atoms with Crippen LogP contribution in [0.5, 0.6) is 0 Å². The molecule has 94 valence electrons. The third kappa shape index (κ3) is 6.05. The molecule has 0 unspecified atom stereocenters. The van der Waals surface area contributed by atoms with E-state index in [1.165, 1.54) is 11.1 Å². The summed E-state index contributed by atoms with van der Waals surface area (Å²) in [7, 11) is 0. The van der Waals surface area contributed by atoms with Crippen LogP contribution in [0.25, 0.3) is 11.1 Å². The zero-order chi connectivity index (χ0) is 13.8. The van der Waals surface area contributed by atoms with Crippen LogP contribution in [-0.2, 0) is 0 Å². The molecule has 0 heterocycles. The van der Waals surface area contributed by atoms with E-state index < -0.39 is 0 Å². The SMILES string of the molecule is N#CCCCC#N.c1ccc(-c2ccccc2)cc1. The number of rotatable bonds is 3. The fourth-order valence-electron chi connectivity index (χ4n) is 1.51. The lowest BCUT2D eigenvalue weighted by Crippen LogP contribution is -1.73. The molecule has 0 N–H and O–H groups in total. The van der Waals surface area contributed by atoms with Crippen LogP contribution in [0.4, 0.5) is 0 Å². The van der Waals surface area contributed by atoms with E-state index in [-0.39, 0.29) is 0 Å². The average Bonchev–Trinajstić information content (AvgIpc) is 2.50. The van der Waals surface area contributed by atoms with Crippen LogP contribution in [0, 0.1) is 22.7 Å². The van der Waals surface area contributed by atoms with Gasteiger partial charge >= 0.3 is 0 Å². The number of benzene rings is 2. The molecule has 0 spiro atoms. The second-order valence-electron chi connectivity index (χ2n) is 3.90. The summed E-state index contributed by atoms with van der Waals surface area (Å²) in [5, 5.41) is 15.9. The molecule has 0 saturated carbocycles. The number of hydrogen-bond acceptors (Lipinski definition) is 2. The van der Waals surface area contributed by atoms with Crippen LogP contribution >= 0.6 is 0 Å². The molecule has 0 atom stereocenters. The first-order valence-electron chi connectivity index (χ1n) is 6.23. The van der Waals surface area contributed by atoms with Crippen molar-refractivity contribution >= 4 is 0 Å². The third-order valence-corrected chi connectivity index (χ3v) is 2.46. The Bertz CT molecular complexity index is 481. The van der Waals surface area contributed by atoms with Crippen LogP contribution in [0.1, 0.15) is 19.3 Å². The van der Waals surface area contributed by atoms with Gasteiger partial charge in [-0.05, 0) is 17.5 Å². The summed E-state index contributed by atoms with van der Waals surface area (Å²) in [6.45, 7) is 0. The Labute approximate surface area is 114 Å². The maximum Gasteiger partial charge on any atom is 0.0622 e. The molecule has 0 bridgehead atoms. The van der Waals surface area contributed by atoms with Crippen molar-refractivity contribution in [2.75, 3.05) is 0 Å². The minimum Gasteiger partial charge on any atom is -0.198 e. The quantitative estimate of drug-likeness (QED) is 0.748. The monoisotopic (exact) mass is 248 g/mol. The first-order chi connectivity index (χ1) is 9.38. The molecule has 0 aromatic heterocycles. The lowest BCUT2D eigenvalue weighted by atomic mass is 10.1. The Kier molecular flexibility index (Phi) is 7.20. The third-order valence-electron chi connectivity index (χ3n) is 2.46. The zero-order valence-corrected chi connectivity index (χ0v) is 10.8. The lowest BCUT2D eigenvalue weighted by molar-refractivity contribution is 0.885. The topological polar surface area (TPSA) is 47.6 Å². The Balaban J connectivity index is 0.000000224. The maximum absolute atomic E-state index is 7.93. The Hall–Kier alpha value is -2.58. The van der Waals surface area contributed by atoms with Gasteiger partial charge in [-0.2, -0.15) is 10.5 Å². The van der Waals surface area contributed by atoms with E-state index >= 15 is 0 Å². The van der Waals surface area contributed by atoms with Crippen LogP contribution in [-0.4, -0.2) is 0 Å². The van der Waals surface area contributed by atoms with E-state index in [2.05, 4.69) is 48.5 Å². The summed E-state index contributed by atoms with van der Waals surface area (Å²) >= 11 is 0. The largest absolute Gasteiger partial charge is 0.198 e. The second kappa shape index (κ2) is 9.45. The van der Waals surface area contributed by atoms with Gasteiger partial charge in [0.1, 0.15) is 0 Å². The molecule has 2 nitrogen and oxygen atoms in total. The number of unbranched alkanes of at least 4 members (excludes halogenated alkanes) is 2. The van der Waals surface area contributed by atoms with Gasteiger partial charge in [0.05, 0.1) is 12.1 Å². The summed E-state index contributed by atoms with van der Waals surface area (Å²) in [6, 6.07) is 24.7. The van der Waals surface area contributed by atoms with E-state index in [9.17, 15) is 0 Å². The highest BCUT2D eigenvalue weighted by molar-refractivity contribution is 5.62. The van der Waals surface area contributed by atoms with Gasteiger partial charge in [-0.3, -0.25) is 0 Å².